The molecule has 7 heteroatoms. The molecule has 0 spiro atoms. The van der Waals surface area contributed by atoms with E-state index in [-0.39, 0.29) is 6.03 Å². The molecule has 1 aromatic carbocycles. The summed E-state index contributed by atoms with van der Waals surface area (Å²) in [6.45, 7) is 0.407. The third kappa shape index (κ3) is 4.08. The molecule has 0 bridgehead atoms. The number of pyridine rings is 1. The Balaban J connectivity index is 1.56. The number of benzene rings is 1. The molecule has 116 valence electrons. The lowest BCUT2D eigenvalue weighted by Gasteiger charge is -2.05. The molecule has 2 heterocycles. The van der Waals surface area contributed by atoms with Gasteiger partial charge in [-0.3, -0.25) is 15.4 Å². The van der Waals surface area contributed by atoms with Crippen molar-refractivity contribution in [2.45, 2.75) is 6.54 Å². The van der Waals surface area contributed by atoms with Crippen LogP contribution in [0.2, 0.25) is 5.02 Å². The van der Waals surface area contributed by atoms with Crippen molar-refractivity contribution in [2.24, 2.45) is 0 Å². The van der Waals surface area contributed by atoms with E-state index in [2.05, 4.69) is 25.8 Å². The van der Waals surface area contributed by atoms with Gasteiger partial charge in [-0.1, -0.05) is 23.7 Å². The summed E-state index contributed by atoms with van der Waals surface area (Å²) in [5, 5.41) is 13.0. The Morgan fingerprint density at radius 2 is 1.87 bits per heavy atom. The van der Waals surface area contributed by atoms with Gasteiger partial charge >= 0.3 is 6.03 Å². The molecule has 3 N–H and O–H groups in total. The molecule has 0 aliphatic rings. The molecule has 0 saturated carbocycles. The van der Waals surface area contributed by atoms with Gasteiger partial charge in [-0.05, 0) is 29.8 Å². The van der Waals surface area contributed by atoms with Gasteiger partial charge in [-0.25, -0.2) is 4.79 Å². The van der Waals surface area contributed by atoms with Gasteiger partial charge in [0, 0.05) is 35.6 Å². The van der Waals surface area contributed by atoms with Gasteiger partial charge in [-0.2, -0.15) is 5.10 Å². The number of urea groups is 1. The maximum Gasteiger partial charge on any atom is 0.320 e. The predicted molar refractivity (Wildman–Crippen MR) is 89.1 cm³/mol. The second-order valence-corrected chi connectivity index (χ2v) is 5.27. The first-order valence-electron chi connectivity index (χ1n) is 6.96. The lowest BCUT2D eigenvalue weighted by Crippen LogP contribution is -2.28. The summed E-state index contributed by atoms with van der Waals surface area (Å²) >= 11 is 5.82. The monoisotopic (exact) mass is 327 g/mol. The van der Waals surface area contributed by atoms with Crippen LogP contribution >= 0.6 is 11.6 Å². The molecule has 3 aromatic rings. The summed E-state index contributed by atoms with van der Waals surface area (Å²) < 4.78 is 0. The Morgan fingerprint density at radius 3 is 2.61 bits per heavy atom. The number of halogens is 1. The standard InChI is InChI=1S/C16H14ClN5O/c17-13-3-1-11(2-4-13)10-19-16(23)20-15-9-14(21-22-15)12-5-7-18-8-6-12/h1-9H,10H2,(H3,19,20,21,22,23). The van der Waals surface area contributed by atoms with Crippen LogP contribution in [0.1, 0.15) is 5.56 Å². The minimum atomic E-state index is -0.326. The number of aromatic nitrogens is 3. The fourth-order valence-corrected chi connectivity index (χ4v) is 2.14. The molecule has 0 saturated heterocycles. The molecular weight excluding hydrogens is 314 g/mol. The summed E-state index contributed by atoms with van der Waals surface area (Å²) in [6.07, 6.45) is 3.39. The van der Waals surface area contributed by atoms with E-state index >= 15 is 0 Å². The van der Waals surface area contributed by atoms with E-state index in [0.717, 1.165) is 16.8 Å². The van der Waals surface area contributed by atoms with Crippen LogP contribution in [0, 0.1) is 0 Å². The van der Waals surface area contributed by atoms with Crippen molar-refractivity contribution in [1.29, 1.82) is 0 Å². The molecule has 2 amide bonds. The number of nitrogens with one attached hydrogen (secondary N) is 3. The summed E-state index contributed by atoms with van der Waals surface area (Å²) in [7, 11) is 0. The van der Waals surface area contributed by atoms with E-state index in [9.17, 15) is 4.79 Å². The van der Waals surface area contributed by atoms with E-state index in [0.29, 0.717) is 17.4 Å². The molecule has 0 aliphatic carbocycles. The van der Waals surface area contributed by atoms with Gasteiger partial charge in [-0.15, -0.1) is 0 Å². The topological polar surface area (TPSA) is 82.7 Å². The van der Waals surface area contributed by atoms with Crippen LogP contribution in [0.25, 0.3) is 11.3 Å². The van der Waals surface area contributed by atoms with E-state index in [4.69, 9.17) is 11.6 Å². The average Bonchev–Trinajstić information content (AvgIpc) is 3.04. The Kier molecular flexibility index (Phi) is 4.54. The molecule has 3 rings (SSSR count). The maximum absolute atomic E-state index is 11.9. The lowest BCUT2D eigenvalue weighted by atomic mass is 10.2. The van der Waals surface area contributed by atoms with E-state index in [1.54, 1.807) is 30.6 Å². The Hall–Kier alpha value is -2.86. The van der Waals surface area contributed by atoms with Crippen LogP contribution in [0.4, 0.5) is 10.6 Å². The zero-order valence-corrected chi connectivity index (χ0v) is 12.8. The van der Waals surface area contributed by atoms with Gasteiger partial charge in [0.1, 0.15) is 0 Å². The number of carbonyl (C=O) groups excluding carboxylic acids is 1. The second kappa shape index (κ2) is 6.93. The molecule has 23 heavy (non-hydrogen) atoms. The summed E-state index contributed by atoms with van der Waals surface area (Å²) in [5.41, 5.74) is 2.71. The van der Waals surface area contributed by atoms with Crippen molar-refractivity contribution < 1.29 is 4.79 Å². The zero-order valence-electron chi connectivity index (χ0n) is 12.1. The quantitative estimate of drug-likeness (QED) is 0.686. The molecule has 0 unspecified atom stereocenters. The smallest absolute Gasteiger partial charge is 0.320 e. The van der Waals surface area contributed by atoms with Gasteiger partial charge < -0.3 is 5.32 Å². The van der Waals surface area contributed by atoms with Crippen LogP contribution in [0.3, 0.4) is 0 Å². The number of rotatable bonds is 4. The van der Waals surface area contributed by atoms with E-state index in [1.165, 1.54) is 0 Å². The number of amides is 2. The van der Waals surface area contributed by atoms with Crippen molar-refractivity contribution in [3.8, 4) is 11.3 Å². The molecule has 0 radical (unpaired) electrons. The Labute approximate surface area is 137 Å². The highest BCUT2D eigenvalue weighted by Gasteiger charge is 2.07. The fraction of sp³-hybridized carbons (Fsp3) is 0.0625. The first-order valence-corrected chi connectivity index (χ1v) is 7.33. The van der Waals surface area contributed by atoms with E-state index in [1.807, 2.05) is 24.3 Å². The third-order valence-electron chi connectivity index (χ3n) is 3.18. The summed E-state index contributed by atoms with van der Waals surface area (Å²) in [4.78, 5) is 15.8. The highest BCUT2D eigenvalue weighted by Crippen LogP contribution is 2.18. The first-order chi connectivity index (χ1) is 11.2. The maximum atomic E-state index is 11.9. The molecule has 0 fully saturated rings. The molecule has 6 nitrogen and oxygen atoms in total. The number of nitrogens with zero attached hydrogens (tertiary/aromatic N) is 2. The first kappa shape index (κ1) is 15.1. The minimum absolute atomic E-state index is 0.326. The molecule has 0 aliphatic heterocycles. The number of carbonyl (C=O) groups is 1. The number of hydrogen-bond acceptors (Lipinski definition) is 3. The second-order valence-electron chi connectivity index (χ2n) is 4.84. The minimum Gasteiger partial charge on any atom is -0.334 e. The number of hydrogen-bond donors (Lipinski definition) is 3. The Morgan fingerprint density at radius 1 is 1.13 bits per heavy atom. The van der Waals surface area contributed by atoms with Gasteiger partial charge in [0.25, 0.3) is 0 Å². The SMILES string of the molecule is O=C(NCc1ccc(Cl)cc1)Nc1cc(-c2ccncc2)[nH]n1. The van der Waals surface area contributed by atoms with Crippen molar-refractivity contribution in [3.05, 3.63) is 65.4 Å². The van der Waals surface area contributed by atoms with Crippen LogP contribution in [0.5, 0.6) is 0 Å². The molecular formula is C16H14ClN5O. The van der Waals surface area contributed by atoms with E-state index < -0.39 is 0 Å². The zero-order chi connectivity index (χ0) is 16.1. The van der Waals surface area contributed by atoms with Gasteiger partial charge in [0.2, 0.25) is 0 Å². The van der Waals surface area contributed by atoms with Crippen LogP contribution in [-0.4, -0.2) is 21.2 Å². The number of anilines is 1. The highest BCUT2D eigenvalue weighted by atomic mass is 35.5. The van der Waals surface area contributed by atoms with Crippen LogP contribution in [0.15, 0.2) is 54.9 Å². The van der Waals surface area contributed by atoms with Gasteiger partial charge in [0.05, 0.1) is 5.69 Å². The van der Waals surface area contributed by atoms with Crippen LogP contribution < -0.4 is 10.6 Å². The van der Waals surface area contributed by atoms with Crippen molar-refractivity contribution in [1.82, 2.24) is 20.5 Å². The van der Waals surface area contributed by atoms with Gasteiger partial charge in [0.15, 0.2) is 5.82 Å². The normalized spacial score (nSPS) is 10.3. The highest BCUT2D eigenvalue weighted by molar-refractivity contribution is 6.30. The van der Waals surface area contributed by atoms with Crippen LogP contribution in [-0.2, 0) is 6.54 Å². The number of H-pyrrole nitrogens is 1. The summed E-state index contributed by atoms with van der Waals surface area (Å²) in [5.74, 6) is 0.449. The summed E-state index contributed by atoms with van der Waals surface area (Å²) in [6, 6.07) is 12.4. The fourth-order valence-electron chi connectivity index (χ4n) is 2.01. The molecule has 0 atom stereocenters. The van der Waals surface area contributed by atoms with Crippen molar-refractivity contribution in [2.75, 3.05) is 5.32 Å². The third-order valence-corrected chi connectivity index (χ3v) is 3.43. The lowest BCUT2D eigenvalue weighted by molar-refractivity contribution is 0.251. The number of aromatic amines is 1. The average molecular weight is 328 g/mol. The molecule has 2 aromatic heterocycles. The van der Waals surface area contributed by atoms with Crippen molar-refractivity contribution >= 4 is 23.4 Å². The van der Waals surface area contributed by atoms with Crippen molar-refractivity contribution in [3.63, 3.8) is 0 Å². The Bertz CT molecular complexity index is 786. The predicted octanol–water partition coefficient (Wildman–Crippen LogP) is 3.45. The largest absolute Gasteiger partial charge is 0.334 e.